The number of rotatable bonds is 5. The molecule has 0 bridgehead atoms. The Morgan fingerprint density at radius 3 is 3.05 bits per heavy atom. The van der Waals surface area contributed by atoms with Crippen LogP contribution in [0, 0.1) is 0 Å². The van der Waals surface area contributed by atoms with E-state index in [1.165, 1.54) is 0 Å². The minimum Gasteiger partial charge on any atom is -0.486 e. The average molecular weight is 295 g/mol. The van der Waals surface area contributed by atoms with Crippen LogP contribution < -0.4 is 14.8 Å². The zero-order chi connectivity index (χ0) is 13.8. The fourth-order valence-electron chi connectivity index (χ4n) is 2.04. The van der Waals surface area contributed by atoms with Crippen molar-refractivity contribution >= 4 is 11.6 Å². The van der Waals surface area contributed by atoms with Crippen LogP contribution in [0.2, 0.25) is 5.02 Å². The third-order valence-electron chi connectivity index (χ3n) is 2.98. The van der Waals surface area contributed by atoms with E-state index in [9.17, 15) is 0 Å². The van der Waals surface area contributed by atoms with E-state index >= 15 is 0 Å². The molecule has 2 aromatic rings. The third-order valence-corrected chi connectivity index (χ3v) is 3.26. The number of hydrogen-bond acceptors (Lipinski definition) is 5. The number of aromatic nitrogens is 3. The summed E-state index contributed by atoms with van der Waals surface area (Å²) in [6, 6.07) is 3.86. The van der Waals surface area contributed by atoms with Crippen LogP contribution in [-0.4, -0.2) is 34.8 Å². The molecule has 3 rings (SSSR count). The quantitative estimate of drug-likeness (QED) is 0.847. The van der Waals surface area contributed by atoms with Gasteiger partial charge in [-0.05, 0) is 17.7 Å². The second-order valence-electron chi connectivity index (χ2n) is 4.44. The van der Waals surface area contributed by atoms with Gasteiger partial charge in [0.05, 0.1) is 17.8 Å². The summed E-state index contributed by atoms with van der Waals surface area (Å²) >= 11 is 6.19. The molecule has 0 amide bonds. The summed E-state index contributed by atoms with van der Waals surface area (Å²) in [5.41, 5.74) is 1.07. The van der Waals surface area contributed by atoms with Crippen molar-refractivity contribution < 1.29 is 9.47 Å². The van der Waals surface area contributed by atoms with Gasteiger partial charge in [-0.1, -0.05) is 16.8 Å². The standard InChI is InChI=1S/C13H15ClN4O2/c14-11-7-10(8-12-13(11)20-6-5-19-12)9-15-1-3-18-4-2-16-17-18/h2,4,7-8,15H,1,3,5-6,9H2. The van der Waals surface area contributed by atoms with Crippen LogP contribution in [0.15, 0.2) is 24.5 Å². The van der Waals surface area contributed by atoms with Crippen molar-refractivity contribution in [2.75, 3.05) is 19.8 Å². The molecule has 0 saturated carbocycles. The first-order chi connectivity index (χ1) is 9.83. The average Bonchev–Trinajstić information content (AvgIpc) is 2.97. The Morgan fingerprint density at radius 2 is 2.20 bits per heavy atom. The molecule has 1 aliphatic rings. The van der Waals surface area contributed by atoms with E-state index in [-0.39, 0.29) is 0 Å². The SMILES string of the molecule is Clc1cc(CNCCn2ccnn2)cc2c1OCCO2. The predicted molar refractivity (Wildman–Crippen MR) is 74.2 cm³/mol. The van der Waals surface area contributed by atoms with E-state index in [1.807, 2.05) is 18.3 Å². The highest BCUT2D eigenvalue weighted by molar-refractivity contribution is 6.32. The molecule has 0 spiro atoms. The summed E-state index contributed by atoms with van der Waals surface area (Å²) in [5.74, 6) is 1.36. The highest BCUT2D eigenvalue weighted by atomic mass is 35.5. The van der Waals surface area contributed by atoms with Crippen LogP contribution in [0.3, 0.4) is 0 Å². The maximum absolute atomic E-state index is 6.19. The number of benzene rings is 1. The van der Waals surface area contributed by atoms with Gasteiger partial charge in [0.15, 0.2) is 11.5 Å². The van der Waals surface area contributed by atoms with Gasteiger partial charge in [0.1, 0.15) is 13.2 Å². The van der Waals surface area contributed by atoms with Gasteiger partial charge in [-0.3, -0.25) is 4.68 Å². The lowest BCUT2D eigenvalue weighted by atomic mass is 10.2. The predicted octanol–water partition coefficient (Wildman–Crippen LogP) is 1.49. The molecular weight excluding hydrogens is 280 g/mol. The Morgan fingerprint density at radius 1 is 1.30 bits per heavy atom. The van der Waals surface area contributed by atoms with Crippen molar-refractivity contribution in [3.8, 4) is 11.5 Å². The molecule has 2 heterocycles. The van der Waals surface area contributed by atoms with Crippen molar-refractivity contribution in [3.05, 3.63) is 35.1 Å². The third kappa shape index (κ3) is 3.02. The Kier molecular flexibility index (Phi) is 4.03. The molecule has 0 atom stereocenters. The summed E-state index contributed by atoms with van der Waals surface area (Å²) in [5, 5.41) is 11.6. The van der Waals surface area contributed by atoms with E-state index < -0.39 is 0 Å². The van der Waals surface area contributed by atoms with Crippen LogP contribution in [-0.2, 0) is 13.1 Å². The van der Waals surface area contributed by atoms with Crippen LogP contribution >= 0.6 is 11.6 Å². The Balaban J connectivity index is 1.56. The number of ether oxygens (including phenoxy) is 2. The Bertz CT molecular complexity index is 574. The van der Waals surface area contributed by atoms with E-state index in [0.29, 0.717) is 30.5 Å². The lowest BCUT2D eigenvalue weighted by Crippen LogP contribution is -2.20. The molecule has 1 aliphatic heterocycles. The summed E-state index contributed by atoms with van der Waals surface area (Å²) in [7, 11) is 0. The monoisotopic (exact) mass is 294 g/mol. The van der Waals surface area contributed by atoms with E-state index in [2.05, 4.69) is 15.6 Å². The minimum absolute atomic E-state index is 0.544. The van der Waals surface area contributed by atoms with Crippen LogP contribution in [0.4, 0.5) is 0 Å². The van der Waals surface area contributed by atoms with Gasteiger partial charge in [0, 0.05) is 19.3 Å². The van der Waals surface area contributed by atoms with E-state index in [0.717, 1.165) is 24.4 Å². The van der Waals surface area contributed by atoms with Crippen molar-refractivity contribution in [3.63, 3.8) is 0 Å². The molecule has 106 valence electrons. The van der Waals surface area contributed by atoms with Crippen molar-refractivity contribution in [2.45, 2.75) is 13.1 Å². The van der Waals surface area contributed by atoms with Crippen molar-refractivity contribution in [1.29, 1.82) is 0 Å². The number of hydrogen-bond donors (Lipinski definition) is 1. The number of nitrogens with one attached hydrogen (secondary N) is 1. The molecular formula is C13H15ClN4O2. The number of halogens is 1. The molecule has 0 aliphatic carbocycles. The van der Waals surface area contributed by atoms with Gasteiger partial charge in [0.25, 0.3) is 0 Å². The molecule has 6 nitrogen and oxygen atoms in total. The molecule has 0 saturated heterocycles. The number of nitrogens with zero attached hydrogens (tertiary/aromatic N) is 3. The van der Waals surface area contributed by atoms with Crippen LogP contribution in [0.1, 0.15) is 5.56 Å². The van der Waals surface area contributed by atoms with Gasteiger partial charge < -0.3 is 14.8 Å². The largest absolute Gasteiger partial charge is 0.486 e. The fourth-order valence-corrected chi connectivity index (χ4v) is 2.33. The number of fused-ring (bicyclic) bond motifs is 1. The molecule has 1 aromatic heterocycles. The minimum atomic E-state index is 0.544. The first-order valence-electron chi connectivity index (χ1n) is 6.46. The van der Waals surface area contributed by atoms with Crippen LogP contribution in [0.25, 0.3) is 0 Å². The van der Waals surface area contributed by atoms with Gasteiger partial charge in [-0.15, -0.1) is 5.10 Å². The summed E-state index contributed by atoms with van der Waals surface area (Å²) in [6.45, 7) is 3.40. The van der Waals surface area contributed by atoms with Crippen LogP contribution in [0.5, 0.6) is 11.5 Å². The maximum atomic E-state index is 6.19. The molecule has 1 N–H and O–H groups in total. The van der Waals surface area contributed by atoms with Crippen molar-refractivity contribution in [1.82, 2.24) is 20.3 Å². The molecule has 0 radical (unpaired) electrons. The van der Waals surface area contributed by atoms with Gasteiger partial charge in [0.2, 0.25) is 0 Å². The zero-order valence-corrected chi connectivity index (χ0v) is 11.6. The fraction of sp³-hybridized carbons (Fsp3) is 0.385. The second-order valence-corrected chi connectivity index (χ2v) is 4.85. The highest BCUT2D eigenvalue weighted by Crippen LogP contribution is 2.38. The molecule has 0 unspecified atom stereocenters. The molecule has 0 fully saturated rings. The Hall–Kier alpha value is -1.79. The summed E-state index contributed by atoms with van der Waals surface area (Å²) < 4.78 is 12.8. The zero-order valence-electron chi connectivity index (χ0n) is 10.9. The first-order valence-corrected chi connectivity index (χ1v) is 6.83. The normalized spacial score (nSPS) is 13.4. The van der Waals surface area contributed by atoms with Gasteiger partial charge in [-0.25, -0.2) is 0 Å². The highest BCUT2D eigenvalue weighted by Gasteiger charge is 2.16. The lowest BCUT2D eigenvalue weighted by Gasteiger charge is -2.20. The Labute approximate surface area is 121 Å². The smallest absolute Gasteiger partial charge is 0.179 e. The van der Waals surface area contributed by atoms with Crippen molar-refractivity contribution in [2.24, 2.45) is 0 Å². The van der Waals surface area contributed by atoms with E-state index in [1.54, 1.807) is 10.9 Å². The summed E-state index contributed by atoms with van der Waals surface area (Å²) in [6.07, 6.45) is 3.50. The second kappa shape index (κ2) is 6.11. The first kappa shape index (κ1) is 13.2. The molecule has 7 heteroatoms. The topological polar surface area (TPSA) is 61.2 Å². The van der Waals surface area contributed by atoms with Gasteiger partial charge in [-0.2, -0.15) is 0 Å². The summed E-state index contributed by atoms with van der Waals surface area (Å²) in [4.78, 5) is 0. The lowest BCUT2D eigenvalue weighted by molar-refractivity contribution is 0.171. The molecule has 1 aromatic carbocycles. The van der Waals surface area contributed by atoms with Gasteiger partial charge >= 0.3 is 0 Å². The maximum Gasteiger partial charge on any atom is 0.179 e. The molecule has 20 heavy (non-hydrogen) atoms. The van der Waals surface area contributed by atoms with E-state index in [4.69, 9.17) is 21.1 Å².